The number of alkyl halides is 3. The Morgan fingerprint density at radius 2 is 1.79 bits per heavy atom. The summed E-state index contributed by atoms with van der Waals surface area (Å²) in [6, 6.07) is 12.7. The maximum atomic E-state index is 12.2. The fourth-order valence-electron chi connectivity index (χ4n) is 3.08. The normalized spacial score (nSPS) is 11.2. The number of hydrogen-bond acceptors (Lipinski definition) is 6. The second kappa shape index (κ2) is 11.0. The number of benzene rings is 2. The van der Waals surface area contributed by atoms with Crippen molar-refractivity contribution >= 4 is 23.2 Å². The van der Waals surface area contributed by atoms with E-state index in [9.17, 15) is 22.8 Å². The molecule has 2 aromatic carbocycles. The maximum absolute atomic E-state index is 12.2. The number of nitrogens with one attached hydrogen (secondary N) is 1. The zero-order valence-corrected chi connectivity index (χ0v) is 19.0. The number of aryl methyl sites for hydroxylation is 3. The van der Waals surface area contributed by atoms with Gasteiger partial charge in [0.2, 0.25) is 0 Å². The molecule has 1 heterocycles. The van der Waals surface area contributed by atoms with Crippen molar-refractivity contribution in [2.45, 2.75) is 32.7 Å². The number of hydrogen-bond donors (Lipinski definition) is 2. The largest absolute Gasteiger partial charge is 0.573 e. The first-order valence-electron chi connectivity index (χ1n) is 10.2. The molecule has 0 spiro atoms. The van der Waals surface area contributed by atoms with E-state index in [0.29, 0.717) is 11.4 Å². The van der Waals surface area contributed by atoms with E-state index < -0.39 is 23.9 Å². The molecule has 3 rings (SSSR count). The smallest absolute Gasteiger partial charge is 0.484 e. The van der Waals surface area contributed by atoms with Crippen molar-refractivity contribution in [3.63, 3.8) is 0 Å². The molecule has 11 heteroatoms. The van der Waals surface area contributed by atoms with E-state index in [-0.39, 0.29) is 24.6 Å². The number of thiazole rings is 1. The topological polar surface area (TPSA) is 104 Å². The van der Waals surface area contributed by atoms with Crippen molar-refractivity contribution < 1.29 is 32.2 Å². The van der Waals surface area contributed by atoms with Gasteiger partial charge in [0.1, 0.15) is 22.2 Å². The van der Waals surface area contributed by atoms with Crippen LogP contribution < -0.4 is 20.5 Å². The Bertz CT molecular complexity index is 1150. The van der Waals surface area contributed by atoms with E-state index in [4.69, 9.17) is 10.5 Å². The van der Waals surface area contributed by atoms with Gasteiger partial charge in [-0.15, -0.1) is 24.5 Å². The molecule has 0 fully saturated rings. The Balaban J connectivity index is 1.51. The maximum Gasteiger partial charge on any atom is 0.573 e. The molecular weight excluding hydrogens is 471 g/mol. The number of ether oxygens (including phenoxy) is 2. The van der Waals surface area contributed by atoms with Crippen LogP contribution in [0.15, 0.2) is 48.5 Å². The molecular formula is C23H22F3N3O4S. The SMILES string of the molecule is Cc1cccc(CCc2sc(CNC(=O)COc3ccc(OC(F)(F)F)cc3)nc2C(N)=O)c1. The van der Waals surface area contributed by atoms with Gasteiger partial charge >= 0.3 is 6.36 Å². The number of amides is 2. The Morgan fingerprint density at radius 3 is 2.44 bits per heavy atom. The summed E-state index contributed by atoms with van der Waals surface area (Å²) in [5, 5.41) is 3.15. The lowest BCUT2D eigenvalue weighted by Crippen LogP contribution is -2.28. The van der Waals surface area contributed by atoms with Gasteiger partial charge in [-0.3, -0.25) is 9.59 Å². The number of halogens is 3. The van der Waals surface area contributed by atoms with Crippen molar-refractivity contribution in [3.8, 4) is 11.5 Å². The average Bonchev–Trinajstić information content (AvgIpc) is 3.18. The number of nitrogens with zero attached hydrogens (tertiary/aromatic N) is 1. The number of carbonyl (C=O) groups excluding carboxylic acids is 2. The van der Waals surface area contributed by atoms with Gasteiger partial charge in [0, 0.05) is 4.88 Å². The summed E-state index contributed by atoms with van der Waals surface area (Å²) in [5.41, 5.74) is 7.93. The lowest BCUT2D eigenvalue weighted by molar-refractivity contribution is -0.274. The van der Waals surface area contributed by atoms with Crippen molar-refractivity contribution in [2.75, 3.05) is 6.61 Å². The van der Waals surface area contributed by atoms with Gasteiger partial charge < -0.3 is 20.5 Å². The summed E-state index contributed by atoms with van der Waals surface area (Å²) in [4.78, 5) is 28.9. The van der Waals surface area contributed by atoms with Crippen LogP contribution >= 0.6 is 11.3 Å². The molecule has 7 nitrogen and oxygen atoms in total. The van der Waals surface area contributed by atoms with E-state index in [2.05, 4.69) is 21.1 Å². The summed E-state index contributed by atoms with van der Waals surface area (Å²) in [5.74, 6) is -1.29. The zero-order valence-electron chi connectivity index (χ0n) is 18.1. The van der Waals surface area contributed by atoms with E-state index in [0.717, 1.165) is 34.6 Å². The second-order valence-corrected chi connectivity index (χ2v) is 8.49. The molecule has 3 N–H and O–H groups in total. The van der Waals surface area contributed by atoms with Gasteiger partial charge in [-0.25, -0.2) is 4.98 Å². The van der Waals surface area contributed by atoms with Crippen LogP contribution in [0.2, 0.25) is 0 Å². The van der Waals surface area contributed by atoms with Gasteiger partial charge in [-0.1, -0.05) is 29.8 Å². The molecule has 2 amide bonds. The van der Waals surface area contributed by atoms with Gasteiger partial charge in [0.15, 0.2) is 6.61 Å². The first-order valence-corrected chi connectivity index (χ1v) is 11.0. The Morgan fingerprint density at radius 1 is 1.09 bits per heavy atom. The molecule has 1 aromatic heterocycles. The number of rotatable bonds is 10. The third-order valence-electron chi connectivity index (χ3n) is 4.56. The minimum absolute atomic E-state index is 0.0793. The van der Waals surface area contributed by atoms with Crippen LogP contribution in [-0.2, 0) is 24.2 Å². The lowest BCUT2D eigenvalue weighted by atomic mass is 10.1. The van der Waals surface area contributed by atoms with E-state index in [1.54, 1.807) is 0 Å². The monoisotopic (exact) mass is 493 g/mol. The molecule has 34 heavy (non-hydrogen) atoms. The highest BCUT2D eigenvalue weighted by Gasteiger charge is 2.31. The van der Waals surface area contributed by atoms with Gasteiger partial charge in [-0.05, 0) is 49.6 Å². The lowest BCUT2D eigenvalue weighted by Gasteiger charge is -2.10. The molecule has 0 saturated carbocycles. The van der Waals surface area contributed by atoms with Crippen LogP contribution in [0.5, 0.6) is 11.5 Å². The van der Waals surface area contributed by atoms with Crippen LogP contribution in [0.3, 0.4) is 0 Å². The molecule has 0 unspecified atom stereocenters. The summed E-state index contributed by atoms with van der Waals surface area (Å²) in [6.07, 6.45) is -3.48. The molecule has 3 aromatic rings. The minimum Gasteiger partial charge on any atom is -0.484 e. The van der Waals surface area contributed by atoms with Crippen LogP contribution in [0.4, 0.5) is 13.2 Å². The highest BCUT2D eigenvalue weighted by atomic mass is 32.1. The second-order valence-electron chi connectivity index (χ2n) is 7.32. The van der Waals surface area contributed by atoms with E-state index >= 15 is 0 Å². The molecule has 0 atom stereocenters. The van der Waals surface area contributed by atoms with Crippen LogP contribution in [0.25, 0.3) is 0 Å². The molecule has 0 aliphatic rings. The van der Waals surface area contributed by atoms with Crippen LogP contribution in [0.1, 0.15) is 31.5 Å². The quantitative estimate of drug-likeness (QED) is 0.446. The minimum atomic E-state index is -4.78. The Kier molecular flexibility index (Phi) is 8.11. The van der Waals surface area contributed by atoms with Crippen molar-refractivity contribution in [2.24, 2.45) is 5.73 Å². The molecule has 180 valence electrons. The first kappa shape index (κ1) is 25.0. The fourth-order valence-corrected chi connectivity index (χ4v) is 4.09. The number of primary amides is 1. The zero-order chi connectivity index (χ0) is 24.7. The van der Waals surface area contributed by atoms with Crippen molar-refractivity contribution in [1.82, 2.24) is 10.3 Å². The summed E-state index contributed by atoms with van der Waals surface area (Å²) in [6.45, 7) is 1.73. The van der Waals surface area contributed by atoms with E-state index in [1.165, 1.54) is 23.5 Å². The van der Waals surface area contributed by atoms with Gasteiger partial charge in [-0.2, -0.15) is 0 Å². The third-order valence-corrected chi connectivity index (χ3v) is 5.68. The average molecular weight is 494 g/mol. The number of carbonyl (C=O) groups is 2. The third kappa shape index (κ3) is 7.77. The molecule has 0 aliphatic heterocycles. The molecule has 0 bridgehead atoms. The highest BCUT2D eigenvalue weighted by Crippen LogP contribution is 2.25. The van der Waals surface area contributed by atoms with E-state index in [1.807, 2.05) is 25.1 Å². The molecule has 0 radical (unpaired) electrons. The van der Waals surface area contributed by atoms with Gasteiger partial charge in [0.05, 0.1) is 6.54 Å². The Hall–Kier alpha value is -3.60. The summed E-state index contributed by atoms with van der Waals surface area (Å²) < 4.78 is 45.6. The van der Waals surface area contributed by atoms with Gasteiger partial charge in [0.25, 0.3) is 11.8 Å². The predicted octanol–water partition coefficient (Wildman–Crippen LogP) is 3.93. The summed E-state index contributed by atoms with van der Waals surface area (Å²) in [7, 11) is 0. The molecule has 0 saturated heterocycles. The Labute approximate surface area is 197 Å². The number of nitrogens with two attached hydrogens (primary N) is 1. The molecule has 0 aliphatic carbocycles. The van der Waals surface area contributed by atoms with Crippen molar-refractivity contribution in [3.05, 3.63) is 75.2 Å². The standard InChI is InChI=1S/C23H22F3N3O4S/c1-14-3-2-4-15(11-14)5-10-18-21(22(27)31)29-20(34-18)12-28-19(30)13-32-16-6-8-17(9-7-16)33-23(24,25)26/h2-4,6-9,11H,5,10,12-13H2,1H3,(H2,27,31)(H,28,30). The van der Waals surface area contributed by atoms with Crippen LogP contribution in [0, 0.1) is 6.92 Å². The fraction of sp³-hybridized carbons (Fsp3) is 0.261. The highest BCUT2D eigenvalue weighted by molar-refractivity contribution is 7.11. The van der Waals surface area contributed by atoms with Crippen molar-refractivity contribution in [1.29, 1.82) is 0 Å². The number of aromatic nitrogens is 1. The predicted molar refractivity (Wildman–Crippen MR) is 120 cm³/mol. The first-order chi connectivity index (χ1) is 16.1. The summed E-state index contributed by atoms with van der Waals surface area (Å²) >= 11 is 1.30. The van der Waals surface area contributed by atoms with Crippen LogP contribution in [-0.4, -0.2) is 29.8 Å².